The Kier molecular flexibility index (Phi) is 4.13. The number of carbonyl (C=O) groups is 1. The molecule has 0 radical (unpaired) electrons. The summed E-state index contributed by atoms with van der Waals surface area (Å²) in [6.07, 6.45) is 0. The molecule has 0 aromatic heterocycles. The summed E-state index contributed by atoms with van der Waals surface area (Å²) < 4.78 is 10.3. The van der Waals surface area contributed by atoms with Crippen LogP contribution in [0.5, 0.6) is 11.5 Å². The summed E-state index contributed by atoms with van der Waals surface area (Å²) >= 11 is 0. The number of nitrogens with two attached hydrogens (primary N) is 1. The van der Waals surface area contributed by atoms with Crippen molar-refractivity contribution in [2.24, 2.45) is 5.73 Å². The van der Waals surface area contributed by atoms with Crippen LogP contribution in [0.3, 0.4) is 0 Å². The highest BCUT2D eigenvalue weighted by Gasteiger charge is 2.13. The first-order chi connectivity index (χ1) is 7.60. The van der Waals surface area contributed by atoms with Crippen molar-refractivity contribution in [3.63, 3.8) is 0 Å². The largest absolute Gasteiger partial charge is 0.493 e. The molecule has 0 spiro atoms. The van der Waals surface area contributed by atoms with E-state index in [-0.39, 0.29) is 5.91 Å². The molecule has 0 unspecified atom stereocenters. The fourth-order valence-electron chi connectivity index (χ4n) is 1.23. The molecule has 0 bridgehead atoms. The normalized spacial score (nSPS) is 11.8. The van der Waals surface area contributed by atoms with Gasteiger partial charge in [-0.05, 0) is 19.1 Å². The van der Waals surface area contributed by atoms with Gasteiger partial charge in [0.1, 0.15) is 0 Å². The van der Waals surface area contributed by atoms with Crippen molar-refractivity contribution in [2.45, 2.75) is 13.0 Å². The van der Waals surface area contributed by atoms with Gasteiger partial charge in [0.05, 0.1) is 25.9 Å². The number of nitrogens with one attached hydrogen (secondary N) is 1. The van der Waals surface area contributed by atoms with Crippen molar-refractivity contribution in [1.29, 1.82) is 0 Å². The molecule has 1 aromatic rings. The first-order valence-electron chi connectivity index (χ1n) is 4.87. The maximum absolute atomic E-state index is 11.4. The van der Waals surface area contributed by atoms with E-state index >= 15 is 0 Å². The van der Waals surface area contributed by atoms with Gasteiger partial charge in [-0.15, -0.1) is 0 Å². The van der Waals surface area contributed by atoms with E-state index in [1.807, 2.05) is 0 Å². The summed E-state index contributed by atoms with van der Waals surface area (Å²) in [6, 6.07) is 4.66. The molecule has 0 aliphatic rings. The average Bonchev–Trinajstić information content (AvgIpc) is 2.28. The maximum Gasteiger partial charge on any atom is 0.241 e. The van der Waals surface area contributed by atoms with E-state index in [0.29, 0.717) is 17.2 Å². The lowest BCUT2D eigenvalue weighted by Gasteiger charge is -2.14. The van der Waals surface area contributed by atoms with Crippen LogP contribution < -0.4 is 20.5 Å². The van der Waals surface area contributed by atoms with Gasteiger partial charge in [0.25, 0.3) is 0 Å². The highest BCUT2D eigenvalue weighted by molar-refractivity contribution is 5.96. The molecule has 0 saturated carbocycles. The predicted octanol–water partition coefficient (Wildman–Crippen LogP) is 0.990. The molecule has 0 saturated heterocycles. The van der Waals surface area contributed by atoms with Gasteiger partial charge in [0.15, 0.2) is 11.5 Å². The number of rotatable bonds is 4. The molecule has 5 heteroatoms. The van der Waals surface area contributed by atoms with Gasteiger partial charge >= 0.3 is 0 Å². The zero-order chi connectivity index (χ0) is 12.1. The van der Waals surface area contributed by atoms with Gasteiger partial charge in [-0.1, -0.05) is 6.07 Å². The summed E-state index contributed by atoms with van der Waals surface area (Å²) in [6.45, 7) is 1.61. The van der Waals surface area contributed by atoms with E-state index in [9.17, 15) is 4.79 Å². The molecule has 0 fully saturated rings. The Hall–Kier alpha value is -1.75. The Bertz CT molecular complexity index is 377. The van der Waals surface area contributed by atoms with Crippen LogP contribution in [0.25, 0.3) is 0 Å². The number of hydrogen-bond acceptors (Lipinski definition) is 4. The minimum absolute atomic E-state index is 0.272. The molecular formula is C11H16N2O3. The maximum atomic E-state index is 11.4. The van der Waals surface area contributed by atoms with Crippen molar-refractivity contribution >= 4 is 11.6 Å². The number of hydrogen-bond donors (Lipinski definition) is 2. The van der Waals surface area contributed by atoms with Crippen LogP contribution >= 0.6 is 0 Å². The van der Waals surface area contributed by atoms with Gasteiger partial charge in [0.2, 0.25) is 5.91 Å². The second kappa shape index (κ2) is 5.37. The van der Waals surface area contributed by atoms with Crippen molar-refractivity contribution in [3.8, 4) is 11.5 Å². The van der Waals surface area contributed by atoms with Crippen LogP contribution in [-0.4, -0.2) is 26.2 Å². The van der Waals surface area contributed by atoms with Gasteiger partial charge in [-0.25, -0.2) is 0 Å². The molecule has 16 heavy (non-hydrogen) atoms. The second-order valence-corrected chi connectivity index (χ2v) is 3.32. The Morgan fingerprint density at radius 2 is 2.06 bits per heavy atom. The van der Waals surface area contributed by atoms with Crippen LogP contribution in [0.15, 0.2) is 18.2 Å². The molecule has 1 rings (SSSR count). The molecule has 5 nitrogen and oxygen atoms in total. The van der Waals surface area contributed by atoms with Crippen LogP contribution in [0.2, 0.25) is 0 Å². The van der Waals surface area contributed by atoms with Gasteiger partial charge in [-0.3, -0.25) is 4.79 Å². The van der Waals surface area contributed by atoms with Gasteiger partial charge in [0, 0.05) is 0 Å². The smallest absolute Gasteiger partial charge is 0.241 e. The van der Waals surface area contributed by atoms with Crippen molar-refractivity contribution < 1.29 is 14.3 Å². The number of carbonyl (C=O) groups excluding carboxylic acids is 1. The third-order valence-corrected chi connectivity index (χ3v) is 2.07. The molecule has 88 valence electrons. The van der Waals surface area contributed by atoms with Crippen molar-refractivity contribution in [2.75, 3.05) is 19.5 Å². The van der Waals surface area contributed by atoms with Crippen LogP contribution in [-0.2, 0) is 4.79 Å². The lowest BCUT2D eigenvalue weighted by molar-refractivity contribution is -0.117. The third-order valence-electron chi connectivity index (χ3n) is 2.07. The summed E-state index contributed by atoms with van der Waals surface area (Å²) in [4.78, 5) is 11.4. The first-order valence-corrected chi connectivity index (χ1v) is 4.87. The Morgan fingerprint density at radius 3 is 2.56 bits per heavy atom. The number of para-hydroxylation sites is 1. The molecule has 0 aliphatic heterocycles. The SMILES string of the molecule is COc1cccc(NC(=O)[C@H](C)N)c1OC. The number of ether oxygens (including phenoxy) is 2. The van der Waals surface area contributed by atoms with E-state index in [4.69, 9.17) is 15.2 Å². The summed E-state index contributed by atoms with van der Waals surface area (Å²) in [5.41, 5.74) is 6.01. The quantitative estimate of drug-likeness (QED) is 0.799. The highest BCUT2D eigenvalue weighted by Crippen LogP contribution is 2.34. The lowest BCUT2D eigenvalue weighted by Crippen LogP contribution is -2.32. The minimum atomic E-state index is -0.573. The topological polar surface area (TPSA) is 73.6 Å². The standard InChI is InChI=1S/C11H16N2O3/c1-7(12)11(14)13-8-5-4-6-9(15-2)10(8)16-3/h4-7H,12H2,1-3H3,(H,13,14)/t7-/m0/s1. The fourth-order valence-corrected chi connectivity index (χ4v) is 1.23. The predicted molar refractivity (Wildman–Crippen MR) is 61.8 cm³/mol. The van der Waals surface area contributed by atoms with Crippen LogP contribution in [0.4, 0.5) is 5.69 Å². The molecular weight excluding hydrogens is 208 g/mol. The third kappa shape index (κ3) is 2.64. The van der Waals surface area contributed by atoms with Crippen LogP contribution in [0, 0.1) is 0 Å². The summed E-state index contributed by atoms with van der Waals surface area (Å²) in [7, 11) is 3.05. The summed E-state index contributed by atoms with van der Waals surface area (Å²) in [5.74, 6) is 0.774. The first kappa shape index (κ1) is 12.3. The van der Waals surface area contributed by atoms with E-state index < -0.39 is 6.04 Å². The molecule has 3 N–H and O–H groups in total. The van der Waals surface area contributed by atoms with E-state index in [1.165, 1.54) is 14.2 Å². The Balaban J connectivity index is 2.99. The Labute approximate surface area is 94.5 Å². The monoisotopic (exact) mass is 224 g/mol. The second-order valence-electron chi connectivity index (χ2n) is 3.32. The van der Waals surface area contributed by atoms with Gasteiger partial charge < -0.3 is 20.5 Å². The molecule has 1 atom stereocenters. The van der Waals surface area contributed by atoms with Gasteiger partial charge in [-0.2, -0.15) is 0 Å². The number of methoxy groups -OCH3 is 2. The molecule has 1 aromatic carbocycles. The fraction of sp³-hybridized carbons (Fsp3) is 0.364. The average molecular weight is 224 g/mol. The highest BCUT2D eigenvalue weighted by atomic mass is 16.5. The van der Waals surface area contributed by atoms with Crippen molar-refractivity contribution in [1.82, 2.24) is 0 Å². The van der Waals surface area contributed by atoms with Crippen molar-refractivity contribution in [3.05, 3.63) is 18.2 Å². The number of benzene rings is 1. The van der Waals surface area contributed by atoms with E-state index in [1.54, 1.807) is 25.1 Å². The minimum Gasteiger partial charge on any atom is -0.493 e. The Morgan fingerprint density at radius 1 is 1.38 bits per heavy atom. The molecule has 0 aliphatic carbocycles. The van der Waals surface area contributed by atoms with E-state index in [2.05, 4.69) is 5.32 Å². The van der Waals surface area contributed by atoms with E-state index in [0.717, 1.165) is 0 Å². The lowest BCUT2D eigenvalue weighted by atomic mass is 10.2. The molecule has 0 heterocycles. The number of anilines is 1. The summed E-state index contributed by atoms with van der Waals surface area (Å²) in [5, 5.41) is 2.67. The van der Waals surface area contributed by atoms with Crippen LogP contribution in [0.1, 0.15) is 6.92 Å². The zero-order valence-corrected chi connectivity index (χ0v) is 9.61. The number of amides is 1. The zero-order valence-electron chi connectivity index (χ0n) is 9.61. The molecule has 1 amide bonds.